The topological polar surface area (TPSA) is 38.1 Å². The predicted octanol–water partition coefficient (Wildman–Crippen LogP) is 4.55. The number of hydrogen-bond acceptors (Lipinski definition) is 3. The second kappa shape index (κ2) is 7.84. The molecular formula is C23H25N3OS. The second-order valence-electron chi connectivity index (χ2n) is 7.39. The minimum atomic E-state index is -0.182. The van der Waals surface area contributed by atoms with Gasteiger partial charge in [-0.15, -0.1) is 0 Å². The Morgan fingerprint density at radius 1 is 1.11 bits per heavy atom. The van der Waals surface area contributed by atoms with Crippen molar-refractivity contribution in [1.82, 2.24) is 14.5 Å². The van der Waals surface area contributed by atoms with Crippen LogP contribution in [-0.4, -0.2) is 32.2 Å². The Bertz CT molecular complexity index is 1010. The number of thioether (sulfide) groups is 1. The summed E-state index contributed by atoms with van der Waals surface area (Å²) in [4.78, 5) is 19.5. The number of nitrogens with zero attached hydrogens (tertiary/aromatic N) is 3. The van der Waals surface area contributed by atoms with E-state index in [1.807, 2.05) is 24.1 Å². The zero-order chi connectivity index (χ0) is 19.7. The summed E-state index contributed by atoms with van der Waals surface area (Å²) in [7, 11) is 0. The van der Waals surface area contributed by atoms with Gasteiger partial charge in [-0.1, -0.05) is 42.1 Å². The number of hydrogen-bond donors (Lipinski definition) is 0. The van der Waals surface area contributed by atoms with Crippen molar-refractivity contribution in [3.63, 3.8) is 0 Å². The highest BCUT2D eigenvalue weighted by atomic mass is 32.2. The molecule has 0 spiro atoms. The van der Waals surface area contributed by atoms with Gasteiger partial charge in [0.15, 0.2) is 5.16 Å². The molecule has 4 nitrogen and oxygen atoms in total. The number of carbonyl (C=O) groups excluding carboxylic acids is 1. The molecule has 0 radical (unpaired) electrons. The Balaban J connectivity index is 1.49. The van der Waals surface area contributed by atoms with E-state index in [1.54, 1.807) is 6.20 Å². The Morgan fingerprint density at radius 3 is 2.68 bits per heavy atom. The first-order valence-electron chi connectivity index (χ1n) is 9.66. The monoisotopic (exact) mass is 391 g/mol. The molecule has 1 atom stereocenters. The summed E-state index contributed by atoms with van der Waals surface area (Å²) in [5, 5.41) is 0.666. The van der Waals surface area contributed by atoms with Gasteiger partial charge in [0.25, 0.3) is 0 Å². The number of benzene rings is 2. The van der Waals surface area contributed by atoms with E-state index in [0.29, 0.717) is 6.54 Å². The maximum Gasteiger partial charge on any atom is 0.236 e. The van der Waals surface area contributed by atoms with Crippen LogP contribution >= 0.6 is 11.8 Å². The molecule has 1 aromatic heterocycles. The molecule has 5 heteroatoms. The summed E-state index contributed by atoms with van der Waals surface area (Å²) in [5.41, 5.74) is 6.22. The maximum absolute atomic E-state index is 13.0. The van der Waals surface area contributed by atoms with Crippen LogP contribution in [-0.2, 0) is 17.8 Å². The van der Waals surface area contributed by atoms with Crippen LogP contribution in [0.25, 0.3) is 5.69 Å². The molecule has 1 aliphatic heterocycles. The molecule has 1 unspecified atom stereocenters. The molecule has 2 aromatic carbocycles. The zero-order valence-corrected chi connectivity index (χ0v) is 17.4. The Labute approximate surface area is 170 Å². The lowest BCUT2D eigenvalue weighted by molar-refractivity contribution is -0.131. The third-order valence-corrected chi connectivity index (χ3v) is 6.52. The molecular weight excluding hydrogens is 366 g/mol. The summed E-state index contributed by atoms with van der Waals surface area (Å²) in [6.07, 6.45) is 4.68. The molecule has 0 saturated carbocycles. The summed E-state index contributed by atoms with van der Waals surface area (Å²) < 4.78 is 2.06. The summed E-state index contributed by atoms with van der Waals surface area (Å²) >= 11 is 1.53. The average molecular weight is 392 g/mol. The van der Waals surface area contributed by atoms with Gasteiger partial charge >= 0.3 is 0 Å². The highest BCUT2D eigenvalue weighted by Crippen LogP contribution is 2.28. The van der Waals surface area contributed by atoms with Crippen molar-refractivity contribution in [3.8, 4) is 5.69 Å². The van der Waals surface area contributed by atoms with E-state index in [2.05, 4.69) is 59.8 Å². The van der Waals surface area contributed by atoms with E-state index in [-0.39, 0.29) is 11.2 Å². The van der Waals surface area contributed by atoms with Crippen LogP contribution in [0.3, 0.4) is 0 Å². The summed E-state index contributed by atoms with van der Waals surface area (Å²) in [5.74, 6) is 0.175. The molecule has 144 valence electrons. The molecule has 28 heavy (non-hydrogen) atoms. The van der Waals surface area contributed by atoms with Crippen LogP contribution in [0.2, 0.25) is 0 Å². The standard InChI is InChI=1S/C23H25N3OS/c1-16-8-9-21(14-17(16)2)26-13-11-24-23(26)28-18(3)22(27)25-12-10-19-6-4-5-7-20(19)15-25/h4-9,11,13-14,18H,10,12,15H2,1-3H3. The molecule has 3 aromatic rings. The van der Waals surface area contributed by atoms with E-state index in [9.17, 15) is 4.79 Å². The first kappa shape index (κ1) is 18.8. The Hall–Kier alpha value is -2.53. The number of amides is 1. The second-order valence-corrected chi connectivity index (χ2v) is 8.69. The van der Waals surface area contributed by atoms with Gasteiger partial charge in [-0.2, -0.15) is 0 Å². The van der Waals surface area contributed by atoms with Crippen LogP contribution in [0.1, 0.15) is 29.2 Å². The van der Waals surface area contributed by atoms with Gasteiger partial charge in [-0.25, -0.2) is 4.98 Å². The number of carbonyl (C=O) groups is 1. The van der Waals surface area contributed by atoms with E-state index in [4.69, 9.17) is 0 Å². The largest absolute Gasteiger partial charge is 0.337 e. The first-order valence-corrected chi connectivity index (χ1v) is 10.5. The molecule has 1 amide bonds. The van der Waals surface area contributed by atoms with Crippen molar-refractivity contribution in [1.29, 1.82) is 0 Å². The minimum Gasteiger partial charge on any atom is -0.337 e. The molecule has 2 heterocycles. The molecule has 4 rings (SSSR count). The average Bonchev–Trinajstić information content (AvgIpc) is 3.17. The SMILES string of the molecule is Cc1ccc(-n2ccnc2SC(C)C(=O)N2CCc3ccccc3C2)cc1C. The number of fused-ring (bicyclic) bond motifs is 1. The predicted molar refractivity (Wildman–Crippen MR) is 114 cm³/mol. The van der Waals surface area contributed by atoms with Crippen LogP contribution in [0, 0.1) is 13.8 Å². The van der Waals surface area contributed by atoms with Crippen molar-refractivity contribution in [3.05, 3.63) is 77.1 Å². The molecule has 0 N–H and O–H groups in total. The molecule has 0 fully saturated rings. The molecule has 0 bridgehead atoms. The Kier molecular flexibility index (Phi) is 5.27. The van der Waals surface area contributed by atoms with Crippen LogP contribution in [0.15, 0.2) is 60.0 Å². The number of aryl methyl sites for hydroxylation is 2. The lowest BCUT2D eigenvalue weighted by Gasteiger charge is -2.30. The van der Waals surface area contributed by atoms with Crippen molar-refractivity contribution < 1.29 is 4.79 Å². The summed E-state index contributed by atoms with van der Waals surface area (Å²) in [6.45, 7) is 7.69. The fourth-order valence-corrected chi connectivity index (χ4v) is 4.57. The third kappa shape index (κ3) is 3.72. The van der Waals surface area contributed by atoms with Crippen molar-refractivity contribution >= 4 is 17.7 Å². The lowest BCUT2D eigenvalue weighted by atomic mass is 10.00. The van der Waals surface area contributed by atoms with Gasteiger partial charge in [0.2, 0.25) is 5.91 Å². The van der Waals surface area contributed by atoms with Crippen LogP contribution in [0.5, 0.6) is 0 Å². The quantitative estimate of drug-likeness (QED) is 0.612. The van der Waals surface area contributed by atoms with Gasteiger partial charge in [0, 0.05) is 31.2 Å². The summed E-state index contributed by atoms with van der Waals surface area (Å²) in [6, 6.07) is 14.8. The number of aromatic nitrogens is 2. The molecule has 0 saturated heterocycles. The highest BCUT2D eigenvalue weighted by molar-refractivity contribution is 8.00. The fraction of sp³-hybridized carbons (Fsp3) is 0.304. The van der Waals surface area contributed by atoms with Gasteiger partial charge in [-0.05, 0) is 61.6 Å². The molecule has 0 aliphatic carbocycles. The Morgan fingerprint density at radius 2 is 1.89 bits per heavy atom. The van der Waals surface area contributed by atoms with Crippen molar-refractivity contribution in [2.24, 2.45) is 0 Å². The number of imidazole rings is 1. The lowest BCUT2D eigenvalue weighted by Crippen LogP contribution is -2.40. The zero-order valence-electron chi connectivity index (χ0n) is 16.6. The highest BCUT2D eigenvalue weighted by Gasteiger charge is 2.26. The van der Waals surface area contributed by atoms with E-state index < -0.39 is 0 Å². The van der Waals surface area contributed by atoms with Crippen LogP contribution < -0.4 is 0 Å². The van der Waals surface area contributed by atoms with E-state index in [0.717, 1.165) is 23.8 Å². The van der Waals surface area contributed by atoms with Gasteiger partial charge in [0.1, 0.15) is 0 Å². The van der Waals surface area contributed by atoms with Crippen molar-refractivity contribution in [2.45, 2.75) is 44.1 Å². The van der Waals surface area contributed by atoms with Gasteiger partial charge < -0.3 is 4.90 Å². The normalized spacial score (nSPS) is 14.6. The van der Waals surface area contributed by atoms with E-state index >= 15 is 0 Å². The third-order valence-electron chi connectivity index (χ3n) is 5.45. The van der Waals surface area contributed by atoms with Gasteiger partial charge in [-0.3, -0.25) is 9.36 Å². The van der Waals surface area contributed by atoms with Crippen molar-refractivity contribution in [2.75, 3.05) is 6.54 Å². The van der Waals surface area contributed by atoms with Gasteiger partial charge in [0.05, 0.1) is 5.25 Å². The van der Waals surface area contributed by atoms with Crippen LogP contribution in [0.4, 0.5) is 0 Å². The van der Waals surface area contributed by atoms with E-state index in [1.165, 1.54) is 34.0 Å². The number of rotatable bonds is 4. The fourth-order valence-electron chi connectivity index (χ4n) is 3.60. The smallest absolute Gasteiger partial charge is 0.236 e. The first-order chi connectivity index (χ1) is 13.5. The molecule has 1 aliphatic rings. The minimum absolute atomic E-state index is 0.175. The maximum atomic E-state index is 13.0.